The summed E-state index contributed by atoms with van der Waals surface area (Å²) < 4.78 is 49.6. The molecule has 7 nitrogen and oxygen atoms in total. The van der Waals surface area contributed by atoms with Crippen LogP contribution in [0.2, 0.25) is 0 Å². The number of nitrogens with one attached hydrogen (secondary N) is 1. The Balaban J connectivity index is 2.44. The number of rotatable bonds is 5. The van der Waals surface area contributed by atoms with E-state index in [0.29, 0.717) is 15.7 Å². The van der Waals surface area contributed by atoms with Gasteiger partial charge in [0.1, 0.15) is 0 Å². The van der Waals surface area contributed by atoms with Gasteiger partial charge in [0.05, 0.1) is 9.79 Å². The molecular formula is C17H19BrN2O5S2. The van der Waals surface area contributed by atoms with Crippen molar-refractivity contribution in [2.75, 3.05) is 25.7 Å². The van der Waals surface area contributed by atoms with Gasteiger partial charge in [0.25, 0.3) is 5.91 Å². The molecule has 0 spiro atoms. The molecule has 0 radical (unpaired) electrons. The minimum Gasteiger partial charge on any atom is -0.322 e. The van der Waals surface area contributed by atoms with Crippen molar-refractivity contribution >= 4 is 47.4 Å². The third-order valence-corrected chi connectivity index (χ3v) is 7.76. The molecule has 2 rings (SSSR count). The molecule has 146 valence electrons. The second kappa shape index (κ2) is 7.70. The SMILES string of the molecule is Cc1ccc(S(C)(=O)=O)cc1NC(=O)c1ccc(Br)c(S(=O)(=O)N(C)C)c1. The molecule has 1 N–H and O–H groups in total. The summed E-state index contributed by atoms with van der Waals surface area (Å²) in [4.78, 5) is 12.6. The zero-order valence-electron chi connectivity index (χ0n) is 15.1. The Morgan fingerprint density at radius 3 is 2.22 bits per heavy atom. The minimum absolute atomic E-state index is 0.0400. The molecule has 10 heteroatoms. The normalized spacial score (nSPS) is 12.2. The van der Waals surface area contributed by atoms with Gasteiger partial charge in [-0.2, -0.15) is 0 Å². The Bertz CT molecular complexity index is 1110. The van der Waals surface area contributed by atoms with Crippen molar-refractivity contribution in [3.8, 4) is 0 Å². The molecule has 0 saturated heterocycles. The van der Waals surface area contributed by atoms with Crippen LogP contribution >= 0.6 is 15.9 Å². The van der Waals surface area contributed by atoms with Crippen molar-refractivity contribution in [1.82, 2.24) is 4.31 Å². The molecule has 1 amide bonds. The number of aryl methyl sites for hydroxylation is 1. The van der Waals surface area contributed by atoms with Crippen molar-refractivity contribution in [3.63, 3.8) is 0 Å². The molecule has 0 heterocycles. The third kappa shape index (κ3) is 4.75. The van der Waals surface area contributed by atoms with E-state index in [2.05, 4.69) is 21.2 Å². The van der Waals surface area contributed by atoms with Gasteiger partial charge in [-0.3, -0.25) is 4.79 Å². The predicted molar refractivity (Wildman–Crippen MR) is 107 cm³/mol. The van der Waals surface area contributed by atoms with E-state index < -0.39 is 25.8 Å². The van der Waals surface area contributed by atoms with Gasteiger partial charge in [-0.05, 0) is 58.7 Å². The maximum absolute atomic E-state index is 12.6. The van der Waals surface area contributed by atoms with Gasteiger partial charge in [-0.15, -0.1) is 0 Å². The zero-order valence-corrected chi connectivity index (χ0v) is 18.4. The average molecular weight is 475 g/mol. The number of sulfone groups is 1. The maximum atomic E-state index is 12.6. The summed E-state index contributed by atoms with van der Waals surface area (Å²) in [6.07, 6.45) is 1.08. The summed E-state index contributed by atoms with van der Waals surface area (Å²) in [7, 11) is -4.37. The van der Waals surface area contributed by atoms with Crippen LogP contribution in [0.4, 0.5) is 5.69 Å². The lowest BCUT2D eigenvalue weighted by Gasteiger charge is -2.14. The first-order valence-corrected chi connectivity index (χ1v) is 11.8. The van der Waals surface area contributed by atoms with Gasteiger partial charge in [-0.1, -0.05) is 6.07 Å². The van der Waals surface area contributed by atoms with Gasteiger partial charge in [0.2, 0.25) is 10.0 Å². The van der Waals surface area contributed by atoms with E-state index in [0.717, 1.165) is 10.6 Å². The van der Waals surface area contributed by atoms with E-state index in [9.17, 15) is 21.6 Å². The fraction of sp³-hybridized carbons (Fsp3) is 0.235. The summed E-state index contributed by atoms with van der Waals surface area (Å²) in [5, 5.41) is 2.64. The van der Waals surface area contributed by atoms with Crippen LogP contribution in [-0.2, 0) is 19.9 Å². The highest BCUT2D eigenvalue weighted by Crippen LogP contribution is 2.26. The fourth-order valence-corrected chi connectivity index (χ4v) is 4.69. The van der Waals surface area contributed by atoms with Crippen LogP contribution in [0.1, 0.15) is 15.9 Å². The fourth-order valence-electron chi connectivity index (χ4n) is 2.20. The van der Waals surface area contributed by atoms with Gasteiger partial charge in [0, 0.05) is 36.1 Å². The average Bonchev–Trinajstić information content (AvgIpc) is 2.55. The molecule has 2 aromatic carbocycles. The summed E-state index contributed by atoms with van der Waals surface area (Å²) in [6, 6.07) is 8.65. The molecule has 0 aromatic heterocycles. The molecular weight excluding hydrogens is 456 g/mol. The first kappa shape index (κ1) is 21.5. The molecule has 0 atom stereocenters. The van der Waals surface area contributed by atoms with Crippen molar-refractivity contribution < 1.29 is 21.6 Å². The van der Waals surface area contributed by atoms with E-state index in [1.807, 2.05) is 0 Å². The summed E-state index contributed by atoms with van der Waals surface area (Å²) in [5.74, 6) is -0.550. The standard InChI is InChI=1S/C17H19BrN2O5S2/c1-11-5-7-13(26(4,22)23)10-15(11)19-17(21)12-6-8-14(18)16(9-12)27(24,25)20(2)3/h5-10H,1-4H3,(H,19,21). The van der Waals surface area contributed by atoms with Crippen molar-refractivity contribution in [2.24, 2.45) is 0 Å². The van der Waals surface area contributed by atoms with Gasteiger partial charge in [-0.25, -0.2) is 21.1 Å². The van der Waals surface area contributed by atoms with Crippen LogP contribution in [0.25, 0.3) is 0 Å². The van der Waals surface area contributed by atoms with Crippen molar-refractivity contribution in [2.45, 2.75) is 16.7 Å². The highest BCUT2D eigenvalue weighted by Gasteiger charge is 2.22. The number of anilines is 1. The number of hydrogen-bond acceptors (Lipinski definition) is 5. The van der Waals surface area contributed by atoms with Crippen LogP contribution in [-0.4, -0.2) is 47.4 Å². The zero-order chi connectivity index (χ0) is 20.6. The molecule has 0 fully saturated rings. The Morgan fingerprint density at radius 2 is 1.67 bits per heavy atom. The first-order valence-electron chi connectivity index (χ1n) is 7.68. The van der Waals surface area contributed by atoms with Gasteiger partial charge >= 0.3 is 0 Å². The van der Waals surface area contributed by atoms with E-state index in [1.165, 1.54) is 44.4 Å². The van der Waals surface area contributed by atoms with Gasteiger partial charge in [0.15, 0.2) is 9.84 Å². The molecule has 2 aromatic rings. The highest BCUT2D eigenvalue weighted by molar-refractivity contribution is 9.10. The second-order valence-corrected chi connectivity index (χ2v) is 11.1. The number of halogens is 1. The summed E-state index contributed by atoms with van der Waals surface area (Å²) >= 11 is 3.19. The predicted octanol–water partition coefficient (Wildman–Crippen LogP) is 2.66. The van der Waals surface area contributed by atoms with Crippen LogP contribution in [0, 0.1) is 6.92 Å². The second-order valence-electron chi connectivity index (χ2n) is 6.14. The lowest BCUT2D eigenvalue weighted by Crippen LogP contribution is -2.23. The quantitative estimate of drug-likeness (QED) is 0.717. The van der Waals surface area contributed by atoms with E-state index >= 15 is 0 Å². The van der Waals surface area contributed by atoms with E-state index in [-0.39, 0.29) is 15.4 Å². The first-order chi connectivity index (χ1) is 12.3. The lowest BCUT2D eigenvalue weighted by atomic mass is 10.1. The topological polar surface area (TPSA) is 101 Å². The molecule has 0 aliphatic carbocycles. The molecule has 0 aliphatic heterocycles. The Kier molecular flexibility index (Phi) is 6.15. The van der Waals surface area contributed by atoms with Crippen LogP contribution in [0.3, 0.4) is 0 Å². The maximum Gasteiger partial charge on any atom is 0.255 e. The molecule has 0 unspecified atom stereocenters. The smallest absolute Gasteiger partial charge is 0.255 e. The Labute approximate surface area is 167 Å². The molecule has 0 saturated carbocycles. The largest absolute Gasteiger partial charge is 0.322 e. The van der Waals surface area contributed by atoms with Gasteiger partial charge < -0.3 is 5.32 Å². The van der Waals surface area contributed by atoms with Crippen molar-refractivity contribution in [1.29, 1.82) is 0 Å². The monoisotopic (exact) mass is 474 g/mol. The molecule has 0 bridgehead atoms. The number of benzene rings is 2. The Hall–Kier alpha value is -1.75. The highest BCUT2D eigenvalue weighted by atomic mass is 79.9. The van der Waals surface area contributed by atoms with Crippen molar-refractivity contribution in [3.05, 3.63) is 52.0 Å². The van der Waals surface area contributed by atoms with Crippen LogP contribution in [0.5, 0.6) is 0 Å². The summed E-state index contributed by atoms with van der Waals surface area (Å²) in [6.45, 7) is 1.73. The number of carbonyl (C=O) groups excluding carboxylic acids is 1. The van der Waals surface area contributed by atoms with Crippen LogP contribution in [0.15, 0.2) is 50.7 Å². The number of carbonyl (C=O) groups is 1. The van der Waals surface area contributed by atoms with Crippen LogP contribution < -0.4 is 5.32 Å². The molecule has 27 heavy (non-hydrogen) atoms. The molecule has 0 aliphatic rings. The third-order valence-electron chi connectivity index (χ3n) is 3.84. The minimum atomic E-state index is -3.74. The number of nitrogens with zero attached hydrogens (tertiary/aromatic N) is 1. The Morgan fingerprint density at radius 1 is 1.04 bits per heavy atom. The van der Waals surface area contributed by atoms with E-state index in [1.54, 1.807) is 13.0 Å². The number of amides is 1. The number of hydrogen-bond donors (Lipinski definition) is 1. The lowest BCUT2D eigenvalue weighted by molar-refractivity contribution is 0.102. The number of sulfonamides is 1. The van der Waals surface area contributed by atoms with E-state index in [4.69, 9.17) is 0 Å². The summed E-state index contributed by atoms with van der Waals surface area (Å²) in [5.41, 5.74) is 1.14.